The first kappa shape index (κ1) is 11.0. The molecule has 0 unspecified atom stereocenters. The van der Waals surface area contributed by atoms with E-state index in [1.54, 1.807) is 0 Å². The van der Waals surface area contributed by atoms with Crippen molar-refractivity contribution in [1.29, 1.82) is 0 Å². The summed E-state index contributed by atoms with van der Waals surface area (Å²) in [7, 11) is -1.59. The second kappa shape index (κ2) is 3.17. The van der Waals surface area contributed by atoms with Gasteiger partial charge in [-0.2, -0.15) is 0 Å². The summed E-state index contributed by atoms with van der Waals surface area (Å²) in [6.45, 7) is 10.9. The van der Waals surface area contributed by atoms with Crippen molar-refractivity contribution in [3.05, 3.63) is 11.0 Å². The van der Waals surface area contributed by atoms with Crippen molar-refractivity contribution in [3.8, 4) is 0 Å². The molecule has 0 amide bonds. The van der Waals surface area contributed by atoms with Crippen molar-refractivity contribution in [2.24, 2.45) is 5.41 Å². The third-order valence-electron chi connectivity index (χ3n) is 1.62. The molecule has 2 heteroatoms. The normalized spacial score (nSPS) is 13.4. The van der Waals surface area contributed by atoms with Gasteiger partial charge in [0.25, 0.3) is 0 Å². The van der Waals surface area contributed by atoms with Gasteiger partial charge < -0.3 is 0 Å². The minimum atomic E-state index is -1.59. The number of halogens is 1. The fourth-order valence-corrected chi connectivity index (χ4v) is 8.84. The summed E-state index contributed by atoms with van der Waals surface area (Å²) in [6.07, 6.45) is 0. The van der Waals surface area contributed by atoms with Gasteiger partial charge in [-0.25, -0.2) is 0 Å². The maximum absolute atomic E-state index is 4.17. The van der Waals surface area contributed by atoms with Crippen LogP contribution in [0.3, 0.4) is 0 Å². The number of hydrogen-bond donors (Lipinski definition) is 0. The van der Waals surface area contributed by atoms with Gasteiger partial charge in [-0.05, 0) is 0 Å². The van der Waals surface area contributed by atoms with E-state index in [1.807, 2.05) is 0 Å². The van der Waals surface area contributed by atoms with E-state index >= 15 is 0 Å². The van der Waals surface area contributed by atoms with Crippen LogP contribution in [-0.2, 0) is 0 Å². The molecule has 0 aliphatic heterocycles. The molecule has 0 atom stereocenters. The molecule has 0 nitrogen and oxygen atoms in total. The van der Waals surface area contributed by atoms with Gasteiger partial charge in [-0.1, -0.05) is 0 Å². The Morgan fingerprint density at radius 3 is 1.60 bits per heavy atom. The van der Waals surface area contributed by atoms with Crippen LogP contribution >= 0.6 is 20.2 Å². The summed E-state index contributed by atoms with van der Waals surface area (Å²) in [4.78, 5) is 0. The average Bonchev–Trinajstić information content (AvgIpc) is 1.59. The SMILES string of the molecule is C=[C](C(C)(C)C)[Ge]([CH3])([CH3])[I]. The van der Waals surface area contributed by atoms with E-state index < -0.39 is 9.96 Å². The third-order valence-corrected chi connectivity index (χ3v) is 9.59. The second-order valence-electron chi connectivity index (χ2n) is 4.20. The van der Waals surface area contributed by atoms with Crippen LogP contribution in [0.5, 0.6) is 0 Å². The molecule has 0 fully saturated rings. The van der Waals surface area contributed by atoms with E-state index in [0.29, 0.717) is 5.41 Å². The molecule has 0 aromatic rings. The molecule has 0 saturated heterocycles. The zero-order valence-electron chi connectivity index (χ0n) is 7.59. The van der Waals surface area contributed by atoms with E-state index in [2.05, 4.69) is 59.1 Å². The summed E-state index contributed by atoms with van der Waals surface area (Å²) in [6, 6.07) is 0. The summed E-state index contributed by atoms with van der Waals surface area (Å²) < 4.78 is 1.49. The Balaban J connectivity index is 4.40. The molecule has 10 heavy (non-hydrogen) atoms. The molecule has 0 rings (SSSR count). The molecule has 0 aromatic carbocycles. The first-order chi connectivity index (χ1) is 4.15. The van der Waals surface area contributed by atoms with Crippen LogP contribution in [0, 0.1) is 5.41 Å². The van der Waals surface area contributed by atoms with Crippen molar-refractivity contribution in [3.63, 3.8) is 0 Å². The molecule has 0 N–H and O–H groups in total. The minimum absolute atomic E-state index is 0.324. The molecular weight excluding hydrogens is 296 g/mol. The molecule has 0 aromatic heterocycles. The molecule has 0 aliphatic carbocycles. The fraction of sp³-hybridized carbons (Fsp3) is 0.750. The van der Waals surface area contributed by atoms with Crippen molar-refractivity contribution in [1.82, 2.24) is 0 Å². The Hall–Kier alpha value is 1.01. The van der Waals surface area contributed by atoms with Crippen LogP contribution in [-0.4, -0.2) is 9.96 Å². The van der Waals surface area contributed by atoms with Crippen molar-refractivity contribution in [2.45, 2.75) is 32.3 Å². The molecule has 0 radical (unpaired) electrons. The van der Waals surface area contributed by atoms with Crippen LogP contribution < -0.4 is 0 Å². The molecular formula is C8H17GeI. The fourth-order valence-electron chi connectivity index (χ4n) is 0.892. The predicted octanol–water partition coefficient (Wildman–Crippen LogP) is 3.77. The first-order valence-corrected chi connectivity index (χ1v) is 15.2. The third kappa shape index (κ3) is 3.42. The number of allylic oxidation sites excluding steroid dienone is 1. The van der Waals surface area contributed by atoms with E-state index in [0.717, 1.165) is 0 Å². The molecule has 0 aliphatic rings. The molecule has 0 heterocycles. The number of hydrogen-bond acceptors (Lipinski definition) is 0. The van der Waals surface area contributed by atoms with Gasteiger partial charge in [0, 0.05) is 0 Å². The second-order valence-corrected chi connectivity index (χ2v) is 25.7. The van der Waals surface area contributed by atoms with E-state index in [4.69, 9.17) is 0 Å². The van der Waals surface area contributed by atoms with Crippen LogP contribution in [0.2, 0.25) is 11.5 Å². The summed E-state index contributed by atoms with van der Waals surface area (Å²) in [5.41, 5.74) is 0.324. The number of rotatable bonds is 1. The Morgan fingerprint density at radius 1 is 1.30 bits per heavy atom. The van der Waals surface area contributed by atoms with Gasteiger partial charge in [0.15, 0.2) is 0 Å². The Morgan fingerprint density at radius 2 is 1.60 bits per heavy atom. The predicted molar refractivity (Wildman–Crippen MR) is 60.1 cm³/mol. The van der Waals surface area contributed by atoms with E-state index in [9.17, 15) is 0 Å². The molecule has 60 valence electrons. The Kier molecular flexibility index (Phi) is 3.49. The van der Waals surface area contributed by atoms with Gasteiger partial charge in [-0.3, -0.25) is 0 Å². The van der Waals surface area contributed by atoms with Gasteiger partial charge >= 0.3 is 78.9 Å². The van der Waals surface area contributed by atoms with Gasteiger partial charge in [0.2, 0.25) is 0 Å². The van der Waals surface area contributed by atoms with Gasteiger partial charge in [0.05, 0.1) is 0 Å². The van der Waals surface area contributed by atoms with E-state index in [1.165, 1.54) is 4.41 Å². The average molecular weight is 313 g/mol. The van der Waals surface area contributed by atoms with Crippen LogP contribution in [0.25, 0.3) is 0 Å². The van der Waals surface area contributed by atoms with E-state index in [-0.39, 0.29) is 0 Å². The summed E-state index contributed by atoms with van der Waals surface area (Å²) >= 11 is 2.62. The monoisotopic (exact) mass is 314 g/mol. The standard InChI is InChI=1S/C8H17GeI/c1-7(8(2,3)4)9(5,6)10/h1H2,2-6H3. The van der Waals surface area contributed by atoms with Gasteiger partial charge in [0.1, 0.15) is 0 Å². The Labute approximate surface area is 78.4 Å². The zero-order valence-corrected chi connectivity index (χ0v) is 11.8. The maximum atomic E-state index is 4.17. The molecule has 0 bridgehead atoms. The van der Waals surface area contributed by atoms with Crippen molar-refractivity contribution < 1.29 is 0 Å². The summed E-state index contributed by atoms with van der Waals surface area (Å²) in [5.74, 6) is 4.77. The quantitative estimate of drug-likeness (QED) is 0.511. The summed E-state index contributed by atoms with van der Waals surface area (Å²) in [5, 5.41) is 0. The van der Waals surface area contributed by atoms with Crippen LogP contribution in [0.15, 0.2) is 11.0 Å². The molecule has 0 spiro atoms. The molecule has 0 saturated carbocycles. The first-order valence-electron chi connectivity index (χ1n) is 3.54. The topological polar surface area (TPSA) is 0 Å². The zero-order chi connectivity index (χ0) is 8.58. The van der Waals surface area contributed by atoms with Crippen LogP contribution in [0.4, 0.5) is 0 Å². The van der Waals surface area contributed by atoms with Gasteiger partial charge in [-0.15, -0.1) is 0 Å². The van der Waals surface area contributed by atoms with Crippen LogP contribution in [0.1, 0.15) is 20.8 Å². The van der Waals surface area contributed by atoms with Crippen molar-refractivity contribution in [2.75, 3.05) is 0 Å². The van der Waals surface area contributed by atoms with Crippen molar-refractivity contribution >= 4 is 30.2 Å². The Bertz CT molecular complexity index is 120.